The monoisotopic (exact) mass is 392 g/mol. The lowest BCUT2D eigenvalue weighted by Crippen LogP contribution is -2.29. The highest BCUT2D eigenvalue weighted by atomic mass is 16.5. The Morgan fingerprint density at radius 3 is 2.45 bits per heavy atom. The van der Waals surface area contributed by atoms with Crippen LogP contribution in [0.4, 0.5) is 5.69 Å². The summed E-state index contributed by atoms with van der Waals surface area (Å²) < 4.78 is 10.5. The van der Waals surface area contributed by atoms with Gasteiger partial charge < -0.3 is 9.47 Å². The number of ether oxygens (including phenoxy) is 2. The maximum absolute atomic E-state index is 13.3. The molecule has 1 amide bonds. The van der Waals surface area contributed by atoms with Gasteiger partial charge in [-0.3, -0.25) is 14.8 Å². The molecule has 1 atom stereocenters. The van der Waals surface area contributed by atoms with E-state index in [1.165, 1.54) is 0 Å². The van der Waals surface area contributed by atoms with Gasteiger partial charge >= 0.3 is 0 Å². The van der Waals surface area contributed by atoms with Gasteiger partial charge in [-0.05, 0) is 48.2 Å². The molecule has 1 unspecified atom stereocenters. The Kier molecular flexibility index (Phi) is 4.96. The Morgan fingerprint density at radius 2 is 1.86 bits per heavy atom. The van der Waals surface area contributed by atoms with Crippen molar-refractivity contribution in [3.05, 3.63) is 65.1 Å². The summed E-state index contributed by atoms with van der Waals surface area (Å²) in [5, 5.41) is 7.45. The van der Waals surface area contributed by atoms with Crippen LogP contribution in [-0.2, 0) is 6.42 Å². The van der Waals surface area contributed by atoms with E-state index in [1.807, 2.05) is 36.4 Å². The number of hydrogen-bond acceptors (Lipinski definition) is 5. The van der Waals surface area contributed by atoms with Crippen LogP contribution in [0, 0.1) is 5.92 Å². The van der Waals surface area contributed by atoms with Crippen LogP contribution in [0.15, 0.2) is 42.6 Å². The first-order chi connectivity index (χ1) is 14.0. The van der Waals surface area contributed by atoms with Gasteiger partial charge in [0.1, 0.15) is 5.75 Å². The summed E-state index contributed by atoms with van der Waals surface area (Å²) >= 11 is 0. The summed E-state index contributed by atoms with van der Waals surface area (Å²) in [6.45, 7) is 4.30. The molecule has 1 aliphatic heterocycles. The summed E-state index contributed by atoms with van der Waals surface area (Å²) in [5.74, 6) is 1.57. The van der Waals surface area contributed by atoms with Crippen LogP contribution in [0.1, 0.15) is 47.2 Å². The van der Waals surface area contributed by atoms with Gasteiger partial charge in [0.15, 0.2) is 5.69 Å². The van der Waals surface area contributed by atoms with E-state index in [4.69, 9.17) is 9.47 Å². The van der Waals surface area contributed by atoms with Crippen molar-refractivity contribution in [1.29, 1.82) is 0 Å². The maximum Gasteiger partial charge on any atom is 0.280 e. The lowest BCUT2D eigenvalue weighted by molar-refractivity contribution is 0.0988. The molecule has 3 heterocycles. The topological polar surface area (TPSA) is 80.3 Å². The first-order valence-corrected chi connectivity index (χ1v) is 9.58. The van der Waals surface area contributed by atoms with E-state index < -0.39 is 0 Å². The van der Waals surface area contributed by atoms with E-state index in [0.717, 1.165) is 34.7 Å². The number of anilines is 1. The van der Waals surface area contributed by atoms with Crippen molar-refractivity contribution in [2.24, 2.45) is 5.92 Å². The number of carbonyl (C=O) groups is 1. The minimum atomic E-state index is -0.309. The predicted molar refractivity (Wildman–Crippen MR) is 110 cm³/mol. The van der Waals surface area contributed by atoms with E-state index in [-0.39, 0.29) is 11.9 Å². The molecule has 29 heavy (non-hydrogen) atoms. The molecule has 0 saturated heterocycles. The van der Waals surface area contributed by atoms with Gasteiger partial charge in [-0.15, -0.1) is 0 Å². The highest BCUT2D eigenvalue weighted by Gasteiger charge is 2.43. The molecule has 1 aromatic carbocycles. The maximum atomic E-state index is 13.3. The summed E-state index contributed by atoms with van der Waals surface area (Å²) in [6, 6.07) is 10.9. The number of amides is 1. The van der Waals surface area contributed by atoms with Crippen LogP contribution < -0.4 is 14.4 Å². The summed E-state index contributed by atoms with van der Waals surface area (Å²) in [6.07, 6.45) is 2.57. The number of carbonyl (C=O) groups excluding carboxylic acids is 1. The molecule has 2 aromatic heterocycles. The number of nitrogens with one attached hydrogen (secondary N) is 1. The smallest absolute Gasteiger partial charge is 0.280 e. The molecule has 7 nitrogen and oxygen atoms in total. The molecule has 0 saturated carbocycles. The fourth-order valence-corrected chi connectivity index (χ4v) is 3.77. The summed E-state index contributed by atoms with van der Waals surface area (Å²) in [5.41, 5.74) is 4.06. The Balaban J connectivity index is 1.84. The van der Waals surface area contributed by atoms with E-state index in [1.54, 1.807) is 25.3 Å². The van der Waals surface area contributed by atoms with Gasteiger partial charge in [0.05, 0.1) is 20.3 Å². The Hall–Kier alpha value is -3.35. The molecule has 4 rings (SSSR count). The average Bonchev–Trinajstić information content (AvgIpc) is 3.26. The SMILES string of the molecule is COc1ccc(N2C(=O)c3n[nH]c(CC(C)C)c3C2c2ccc(OC)nc2)cc1. The van der Waals surface area contributed by atoms with Crippen molar-refractivity contribution in [2.45, 2.75) is 26.3 Å². The van der Waals surface area contributed by atoms with Crippen molar-refractivity contribution < 1.29 is 14.3 Å². The number of rotatable bonds is 6. The van der Waals surface area contributed by atoms with Gasteiger partial charge in [0, 0.05) is 29.2 Å². The Labute approximate surface area is 169 Å². The fourth-order valence-electron chi connectivity index (χ4n) is 3.77. The van der Waals surface area contributed by atoms with Crippen LogP contribution in [0.25, 0.3) is 0 Å². The zero-order valence-corrected chi connectivity index (χ0v) is 17.0. The predicted octanol–water partition coefficient (Wildman–Crippen LogP) is 3.77. The summed E-state index contributed by atoms with van der Waals surface area (Å²) in [7, 11) is 3.20. The van der Waals surface area contributed by atoms with Gasteiger partial charge in [-0.2, -0.15) is 5.10 Å². The second-order valence-electron chi connectivity index (χ2n) is 7.47. The first kappa shape index (κ1) is 19.0. The molecular formula is C22H24N4O3. The average molecular weight is 392 g/mol. The molecule has 0 fully saturated rings. The van der Waals surface area contributed by atoms with Crippen molar-refractivity contribution in [2.75, 3.05) is 19.1 Å². The van der Waals surface area contributed by atoms with Gasteiger partial charge in [0.2, 0.25) is 5.88 Å². The molecule has 0 aliphatic carbocycles. The molecule has 0 bridgehead atoms. The molecule has 3 aromatic rings. The number of fused-ring (bicyclic) bond motifs is 1. The van der Waals surface area contributed by atoms with Crippen LogP contribution in [0.5, 0.6) is 11.6 Å². The summed E-state index contributed by atoms with van der Waals surface area (Å²) in [4.78, 5) is 19.5. The van der Waals surface area contributed by atoms with Gasteiger partial charge in [-0.25, -0.2) is 4.98 Å². The van der Waals surface area contributed by atoms with E-state index in [0.29, 0.717) is 17.5 Å². The minimum absolute atomic E-state index is 0.128. The third kappa shape index (κ3) is 3.33. The standard InChI is InChI=1S/C22H24N4O3/c1-13(2)11-17-19-20(25-24-17)22(27)26(15-6-8-16(28-3)9-7-15)21(19)14-5-10-18(29-4)23-12-14/h5-10,12-13,21H,11H2,1-4H3,(H,24,25). The fraction of sp³-hybridized carbons (Fsp3) is 0.318. The molecule has 150 valence electrons. The number of benzene rings is 1. The van der Waals surface area contributed by atoms with Crippen molar-refractivity contribution in [3.63, 3.8) is 0 Å². The Bertz CT molecular complexity index is 1010. The molecular weight excluding hydrogens is 368 g/mol. The second kappa shape index (κ2) is 7.58. The highest BCUT2D eigenvalue weighted by molar-refractivity contribution is 6.10. The van der Waals surface area contributed by atoms with Crippen LogP contribution in [0.2, 0.25) is 0 Å². The van der Waals surface area contributed by atoms with Crippen LogP contribution >= 0.6 is 0 Å². The van der Waals surface area contributed by atoms with E-state index in [2.05, 4.69) is 29.0 Å². The van der Waals surface area contributed by atoms with Crippen LogP contribution in [0.3, 0.4) is 0 Å². The molecule has 7 heteroatoms. The van der Waals surface area contributed by atoms with Crippen molar-refractivity contribution in [1.82, 2.24) is 15.2 Å². The highest BCUT2D eigenvalue weighted by Crippen LogP contribution is 2.43. The minimum Gasteiger partial charge on any atom is -0.497 e. The first-order valence-electron chi connectivity index (χ1n) is 9.58. The van der Waals surface area contributed by atoms with E-state index in [9.17, 15) is 4.79 Å². The van der Waals surface area contributed by atoms with Crippen molar-refractivity contribution in [3.8, 4) is 11.6 Å². The molecule has 1 aliphatic rings. The zero-order valence-electron chi connectivity index (χ0n) is 17.0. The third-order valence-electron chi connectivity index (χ3n) is 5.08. The molecule has 0 spiro atoms. The number of H-pyrrole nitrogens is 1. The normalized spacial score (nSPS) is 15.7. The Morgan fingerprint density at radius 1 is 1.10 bits per heavy atom. The number of methoxy groups -OCH3 is 2. The van der Waals surface area contributed by atoms with Gasteiger partial charge in [0.25, 0.3) is 5.91 Å². The number of aromatic nitrogens is 3. The second-order valence-corrected chi connectivity index (χ2v) is 7.47. The molecule has 1 N–H and O–H groups in total. The number of hydrogen-bond donors (Lipinski definition) is 1. The van der Waals surface area contributed by atoms with Crippen LogP contribution in [-0.4, -0.2) is 35.3 Å². The van der Waals surface area contributed by atoms with Crippen molar-refractivity contribution >= 4 is 11.6 Å². The third-order valence-corrected chi connectivity index (χ3v) is 5.08. The quantitative estimate of drug-likeness (QED) is 0.691. The van der Waals surface area contributed by atoms with E-state index >= 15 is 0 Å². The number of nitrogens with zero attached hydrogens (tertiary/aromatic N) is 3. The number of aromatic amines is 1. The lowest BCUT2D eigenvalue weighted by atomic mass is 9.96. The lowest BCUT2D eigenvalue weighted by Gasteiger charge is -2.26. The zero-order chi connectivity index (χ0) is 20.5. The van der Waals surface area contributed by atoms with Gasteiger partial charge in [-0.1, -0.05) is 13.8 Å². The number of pyridine rings is 1. The largest absolute Gasteiger partial charge is 0.497 e. The molecule has 0 radical (unpaired) electrons.